The quantitative estimate of drug-likeness (QED) is 0.518. The molecule has 0 aromatic heterocycles. The molecule has 6 nitrogen and oxygen atoms in total. The van der Waals surface area contributed by atoms with Gasteiger partial charge in [-0.3, -0.25) is 0 Å². The minimum Gasteiger partial charge on any atom is -0.478 e. The molecule has 7 heteroatoms. The number of carbonyl (C=O) groups is 2. The zero-order chi connectivity index (χ0) is 15.2. The molecule has 2 aromatic carbocycles. The van der Waals surface area contributed by atoms with Crippen molar-refractivity contribution < 1.29 is 28.5 Å². The Kier molecular flexibility index (Phi) is 4.64. The largest absolute Gasteiger partial charge is 0.478 e. The molecule has 1 N–H and O–H groups in total. The van der Waals surface area contributed by atoms with Crippen molar-refractivity contribution in [2.75, 3.05) is 0 Å². The zero-order valence-electron chi connectivity index (χ0n) is 10.6. The summed E-state index contributed by atoms with van der Waals surface area (Å²) in [5.74, 6) is -2.01. The second-order valence-electron chi connectivity index (χ2n) is 3.85. The van der Waals surface area contributed by atoms with E-state index in [4.69, 9.17) is 14.4 Å². The van der Waals surface area contributed by atoms with Crippen molar-refractivity contribution in [1.82, 2.24) is 0 Å². The van der Waals surface area contributed by atoms with Crippen molar-refractivity contribution in [3.8, 4) is 11.5 Å². The van der Waals surface area contributed by atoms with Gasteiger partial charge in [-0.25, -0.2) is 14.2 Å². The van der Waals surface area contributed by atoms with Crippen LogP contribution in [0.15, 0.2) is 48.5 Å². The third-order valence-electron chi connectivity index (χ3n) is 2.56. The normalized spacial score (nSPS) is 10.1. The number of ether oxygens (including phenoxy) is 1. The van der Waals surface area contributed by atoms with E-state index in [1.165, 1.54) is 30.3 Å². The molecule has 0 saturated heterocycles. The smallest absolute Gasteiger partial charge is 0.395 e. The number of para-hydroxylation sites is 2. The first-order valence-corrected chi connectivity index (χ1v) is 6.49. The van der Waals surface area contributed by atoms with Gasteiger partial charge in [-0.2, -0.15) is 0 Å². The second-order valence-corrected chi connectivity index (χ2v) is 4.18. The number of carbonyl (C=O) groups excluding carboxylic acids is 1. The van der Waals surface area contributed by atoms with Gasteiger partial charge in [0.25, 0.3) is 0 Å². The first kappa shape index (κ1) is 14.7. The number of hydrogen-bond acceptors (Lipinski definition) is 5. The lowest BCUT2D eigenvalue weighted by Gasteiger charge is -2.08. The Labute approximate surface area is 121 Å². The number of hydrogen-bond donors (Lipinski definition) is 1. The topological polar surface area (TPSA) is 89.9 Å². The molecule has 21 heavy (non-hydrogen) atoms. The molecule has 0 fully saturated rings. The molecule has 0 saturated carbocycles. The maximum Gasteiger partial charge on any atom is 0.395 e. The van der Waals surface area contributed by atoms with Crippen LogP contribution < -0.4 is 9.26 Å². The Morgan fingerprint density at radius 2 is 1.48 bits per heavy atom. The van der Waals surface area contributed by atoms with Crippen molar-refractivity contribution in [2.45, 2.75) is 0 Å². The molecule has 0 unspecified atom stereocenters. The summed E-state index contributed by atoms with van der Waals surface area (Å²) in [4.78, 5) is 23.1. The van der Waals surface area contributed by atoms with E-state index in [0.717, 1.165) is 0 Å². The fourth-order valence-electron chi connectivity index (χ4n) is 1.64. The average molecular weight is 304 g/mol. The maximum atomic E-state index is 12.1. The van der Waals surface area contributed by atoms with Gasteiger partial charge in [0.1, 0.15) is 22.6 Å². The SMILES string of the molecule is O=POc1ccccc1C(=O)Oc1ccccc1C(=O)O. The second kappa shape index (κ2) is 6.63. The van der Waals surface area contributed by atoms with Gasteiger partial charge in [-0.05, 0) is 24.3 Å². The van der Waals surface area contributed by atoms with Gasteiger partial charge in [0, 0.05) is 0 Å². The third kappa shape index (κ3) is 3.43. The van der Waals surface area contributed by atoms with Gasteiger partial charge in [0.15, 0.2) is 0 Å². The molecule has 0 spiro atoms. The standard InChI is InChI=1S/C14H9O6P/c15-13(16)9-5-1-3-7-11(9)19-14(17)10-6-2-4-8-12(10)20-21-18/h1-8H,(H,15,16). The highest BCUT2D eigenvalue weighted by atomic mass is 31.1. The number of carboxylic acids is 1. The molecule has 0 atom stereocenters. The van der Waals surface area contributed by atoms with Crippen LogP contribution in [0.2, 0.25) is 0 Å². The van der Waals surface area contributed by atoms with Crippen molar-refractivity contribution >= 4 is 20.6 Å². The average Bonchev–Trinajstić information content (AvgIpc) is 2.48. The molecule has 0 radical (unpaired) electrons. The van der Waals surface area contributed by atoms with Gasteiger partial charge < -0.3 is 14.4 Å². The highest BCUT2D eigenvalue weighted by Gasteiger charge is 2.18. The minimum absolute atomic E-state index is 0.0426. The van der Waals surface area contributed by atoms with Crippen molar-refractivity contribution in [2.24, 2.45) is 0 Å². The molecular weight excluding hydrogens is 295 g/mol. The fraction of sp³-hybridized carbons (Fsp3) is 0. The summed E-state index contributed by atoms with van der Waals surface area (Å²) in [5.41, 5.74) is -0.0905. The summed E-state index contributed by atoms with van der Waals surface area (Å²) in [6.07, 6.45) is 0. The molecule has 0 aliphatic rings. The zero-order valence-corrected chi connectivity index (χ0v) is 11.4. The summed E-state index contributed by atoms with van der Waals surface area (Å²) in [5, 5.41) is 9.03. The van der Waals surface area contributed by atoms with Crippen LogP contribution in [0, 0.1) is 0 Å². The summed E-state index contributed by atoms with van der Waals surface area (Å²) in [7, 11) is -0.609. The number of benzene rings is 2. The van der Waals surface area contributed by atoms with Crippen LogP contribution in [0.25, 0.3) is 0 Å². The molecule has 0 bridgehead atoms. The summed E-state index contributed by atoms with van der Waals surface area (Å²) in [6, 6.07) is 11.8. The predicted molar refractivity (Wildman–Crippen MR) is 73.0 cm³/mol. The van der Waals surface area contributed by atoms with Gasteiger partial charge in [-0.15, -0.1) is 0 Å². The first-order chi connectivity index (χ1) is 10.1. The van der Waals surface area contributed by atoms with Crippen molar-refractivity contribution in [3.05, 3.63) is 59.7 Å². The van der Waals surface area contributed by atoms with Crippen LogP contribution in [0.4, 0.5) is 0 Å². The van der Waals surface area contributed by atoms with Crippen LogP contribution in [-0.4, -0.2) is 17.0 Å². The Balaban J connectivity index is 2.31. The van der Waals surface area contributed by atoms with Crippen molar-refractivity contribution in [3.63, 3.8) is 0 Å². The monoisotopic (exact) mass is 304 g/mol. The molecule has 0 heterocycles. The molecular formula is C14H9O6P. The van der Waals surface area contributed by atoms with Crippen molar-refractivity contribution in [1.29, 1.82) is 0 Å². The van der Waals surface area contributed by atoms with E-state index in [9.17, 15) is 14.2 Å². The lowest BCUT2D eigenvalue weighted by Crippen LogP contribution is -2.12. The Morgan fingerprint density at radius 3 is 2.10 bits per heavy atom. The Morgan fingerprint density at radius 1 is 0.905 bits per heavy atom. The number of carboxylic acid groups (broad SMARTS) is 1. The molecule has 0 aliphatic carbocycles. The fourth-order valence-corrected chi connectivity index (χ4v) is 1.88. The van der Waals surface area contributed by atoms with Gasteiger partial charge in [-0.1, -0.05) is 24.3 Å². The minimum atomic E-state index is -1.21. The van der Waals surface area contributed by atoms with E-state index in [1.54, 1.807) is 18.2 Å². The molecule has 2 aromatic rings. The molecule has 2 rings (SSSR count). The van der Waals surface area contributed by atoms with E-state index in [2.05, 4.69) is 0 Å². The van der Waals surface area contributed by atoms with E-state index < -0.39 is 20.6 Å². The summed E-state index contributed by atoms with van der Waals surface area (Å²) < 4.78 is 20.3. The van der Waals surface area contributed by atoms with Gasteiger partial charge >= 0.3 is 20.6 Å². The highest BCUT2D eigenvalue weighted by molar-refractivity contribution is 7.17. The first-order valence-electron chi connectivity index (χ1n) is 5.76. The number of aromatic carboxylic acids is 1. The Bertz CT molecular complexity index is 697. The van der Waals surface area contributed by atoms with Gasteiger partial charge in [0.2, 0.25) is 0 Å². The summed E-state index contributed by atoms with van der Waals surface area (Å²) in [6.45, 7) is 0. The molecule has 106 valence electrons. The highest BCUT2D eigenvalue weighted by Crippen LogP contribution is 2.24. The lowest BCUT2D eigenvalue weighted by molar-refractivity contribution is 0.0681. The van der Waals surface area contributed by atoms with E-state index in [1.807, 2.05) is 0 Å². The maximum absolute atomic E-state index is 12.1. The predicted octanol–water partition coefficient (Wildman–Crippen LogP) is 3.19. The van der Waals surface area contributed by atoms with Crippen LogP contribution in [0.3, 0.4) is 0 Å². The molecule has 0 aliphatic heterocycles. The molecule has 0 amide bonds. The van der Waals surface area contributed by atoms with E-state index >= 15 is 0 Å². The van der Waals surface area contributed by atoms with Crippen LogP contribution in [0.1, 0.15) is 20.7 Å². The number of rotatable bonds is 5. The van der Waals surface area contributed by atoms with Crippen LogP contribution in [-0.2, 0) is 4.57 Å². The Hall–Kier alpha value is -2.72. The van der Waals surface area contributed by atoms with Crippen LogP contribution in [0.5, 0.6) is 11.5 Å². The van der Waals surface area contributed by atoms with Crippen LogP contribution >= 0.6 is 8.69 Å². The van der Waals surface area contributed by atoms with Gasteiger partial charge in [0.05, 0.1) is 0 Å². The van der Waals surface area contributed by atoms with E-state index in [-0.39, 0.29) is 22.6 Å². The van der Waals surface area contributed by atoms with E-state index in [0.29, 0.717) is 0 Å². The third-order valence-corrected chi connectivity index (χ3v) is 2.83. The lowest BCUT2D eigenvalue weighted by atomic mass is 10.2. The number of esters is 1. The summed E-state index contributed by atoms with van der Waals surface area (Å²) >= 11 is 0.